The Morgan fingerprint density at radius 2 is 1.82 bits per heavy atom. The highest BCUT2D eigenvalue weighted by atomic mass is 35.5. The van der Waals surface area contributed by atoms with Crippen LogP contribution in [0.5, 0.6) is 0 Å². The highest BCUT2D eigenvalue weighted by Crippen LogP contribution is 2.24. The summed E-state index contributed by atoms with van der Waals surface area (Å²) in [7, 11) is 4.09. The number of nitrogens with zero attached hydrogens (tertiary/aromatic N) is 2. The van der Waals surface area contributed by atoms with Crippen molar-refractivity contribution in [2.24, 2.45) is 5.92 Å². The highest BCUT2D eigenvalue weighted by molar-refractivity contribution is 6.30. The minimum absolute atomic E-state index is 0.107. The van der Waals surface area contributed by atoms with Crippen LogP contribution in [0.15, 0.2) is 48.5 Å². The van der Waals surface area contributed by atoms with Crippen molar-refractivity contribution in [2.75, 3.05) is 38.6 Å². The van der Waals surface area contributed by atoms with Gasteiger partial charge in [-0.2, -0.15) is 0 Å². The lowest BCUT2D eigenvalue weighted by molar-refractivity contribution is 0.239. The molecule has 2 aromatic carbocycles. The molecule has 0 aliphatic carbocycles. The zero-order valence-corrected chi connectivity index (χ0v) is 17.4. The second-order valence-electron chi connectivity index (χ2n) is 7.65. The van der Waals surface area contributed by atoms with Gasteiger partial charge in [-0.25, -0.2) is 4.79 Å². The van der Waals surface area contributed by atoms with Crippen LogP contribution in [0, 0.1) is 5.92 Å². The van der Waals surface area contributed by atoms with E-state index in [0.717, 1.165) is 36.6 Å². The average Bonchev–Trinajstić information content (AvgIpc) is 3.15. The van der Waals surface area contributed by atoms with Crippen LogP contribution in [0.25, 0.3) is 0 Å². The molecule has 0 bridgehead atoms. The minimum atomic E-state index is -0.107. The fourth-order valence-electron chi connectivity index (χ4n) is 3.59. The summed E-state index contributed by atoms with van der Waals surface area (Å²) in [5.74, 6) is 0.461. The first kappa shape index (κ1) is 20.5. The predicted molar refractivity (Wildman–Crippen MR) is 116 cm³/mol. The molecule has 1 fully saturated rings. The van der Waals surface area contributed by atoms with Crippen LogP contribution in [0.2, 0.25) is 5.02 Å². The molecule has 0 saturated carbocycles. The Hall–Kier alpha value is -2.24. The molecule has 0 radical (unpaired) electrons. The second-order valence-corrected chi connectivity index (χ2v) is 8.08. The van der Waals surface area contributed by atoms with Crippen LogP contribution < -0.4 is 15.5 Å². The van der Waals surface area contributed by atoms with Crippen molar-refractivity contribution in [1.29, 1.82) is 0 Å². The van der Waals surface area contributed by atoms with Gasteiger partial charge in [0, 0.05) is 43.4 Å². The molecule has 6 heteroatoms. The van der Waals surface area contributed by atoms with Crippen LogP contribution in [-0.2, 0) is 13.1 Å². The molecule has 1 unspecified atom stereocenters. The normalized spacial score (nSPS) is 16.4. The van der Waals surface area contributed by atoms with E-state index < -0.39 is 0 Å². The topological polar surface area (TPSA) is 47.6 Å². The molecular formula is C22H29ClN4O. The van der Waals surface area contributed by atoms with E-state index in [-0.39, 0.29) is 6.03 Å². The third kappa shape index (κ3) is 5.88. The Morgan fingerprint density at radius 1 is 1.11 bits per heavy atom. The van der Waals surface area contributed by atoms with Gasteiger partial charge in [0.1, 0.15) is 0 Å². The maximum absolute atomic E-state index is 12.2. The first-order chi connectivity index (χ1) is 13.5. The largest absolute Gasteiger partial charge is 0.371 e. The maximum Gasteiger partial charge on any atom is 0.315 e. The zero-order chi connectivity index (χ0) is 19.9. The molecule has 0 spiro atoms. The van der Waals surface area contributed by atoms with E-state index in [1.54, 1.807) is 0 Å². The molecule has 2 N–H and O–H groups in total. The number of nitrogens with one attached hydrogen (secondary N) is 2. The first-order valence-corrected chi connectivity index (χ1v) is 10.1. The summed E-state index contributed by atoms with van der Waals surface area (Å²) < 4.78 is 0. The molecule has 150 valence electrons. The number of anilines is 1. The van der Waals surface area contributed by atoms with Gasteiger partial charge in [-0.15, -0.1) is 0 Å². The average molecular weight is 401 g/mol. The van der Waals surface area contributed by atoms with Crippen LogP contribution in [0.1, 0.15) is 17.5 Å². The molecule has 1 aliphatic heterocycles. The third-order valence-electron chi connectivity index (χ3n) is 5.07. The Bertz CT molecular complexity index is 778. The molecule has 1 saturated heterocycles. The number of urea groups is 1. The number of carbonyl (C=O) groups excluding carboxylic acids is 1. The number of hydrogen-bond donors (Lipinski definition) is 2. The van der Waals surface area contributed by atoms with E-state index in [1.165, 1.54) is 11.3 Å². The molecule has 28 heavy (non-hydrogen) atoms. The lowest BCUT2D eigenvalue weighted by Crippen LogP contribution is -2.38. The molecular weight excluding hydrogens is 372 g/mol. The van der Waals surface area contributed by atoms with E-state index in [4.69, 9.17) is 11.6 Å². The molecule has 0 aromatic heterocycles. The Morgan fingerprint density at radius 3 is 2.54 bits per heavy atom. The quantitative estimate of drug-likeness (QED) is 0.744. The predicted octanol–water partition coefficient (Wildman–Crippen LogP) is 3.73. The molecule has 1 aliphatic rings. The van der Waals surface area contributed by atoms with E-state index in [0.29, 0.717) is 19.0 Å². The van der Waals surface area contributed by atoms with Gasteiger partial charge >= 0.3 is 6.03 Å². The van der Waals surface area contributed by atoms with Crippen molar-refractivity contribution >= 4 is 23.3 Å². The third-order valence-corrected chi connectivity index (χ3v) is 5.33. The molecule has 5 nitrogen and oxygen atoms in total. The van der Waals surface area contributed by atoms with Gasteiger partial charge in [-0.05, 0) is 61.8 Å². The molecule has 2 aromatic rings. The summed E-state index contributed by atoms with van der Waals surface area (Å²) in [6.07, 6.45) is 1.08. The van der Waals surface area contributed by atoms with Gasteiger partial charge in [0.2, 0.25) is 0 Å². The number of amides is 2. The zero-order valence-electron chi connectivity index (χ0n) is 16.6. The Labute approximate surface area is 172 Å². The number of halogens is 1. The molecule has 1 atom stereocenters. The fraction of sp³-hybridized carbons (Fsp3) is 0.409. The summed E-state index contributed by atoms with van der Waals surface area (Å²) in [6.45, 7) is 4.05. The Balaban J connectivity index is 1.42. The highest BCUT2D eigenvalue weighted by Gasteiger charge is 2.23. The van der Waals surface area contributed by atoms with Crippen molar-refractivity contribution in [3.63, 3.8) is 0 Å². The minimum Gasteiger partial charge on any atom is -0.371 e. The van der Waals surface area contributed by atoms with E-state index in [2.05, 4.69) is 44.7 Å². The van der Waals surface area contributed by atoms with E-state index in [1.807, 2.05) is 38.4 Å². The summed E-state index contributed by atoms with van der Waals surface area (Å²) in [5.41, 5.74) is 3.58. The standard InChI is InChI=1S/C22H29ClN4O/c1-26(2)16-19-6-4-3-5-18(19)14-25-22(28)24-13-17-11-12-27(15-17)21-9-7-20(23)8-10-21/h3-10,17H,11-16H2,1-2H3,(H2,24,25,28). The summed E-state index contributed by atoms with van der Waals surface area (Å²) in [5, 5.41) is 6.77. The smallest absolute Gasteiger partial charge is 0.315 e. The van der Waals surface area contributed by atoms with Crippen molar-refractivity contribution in [3.8, 4) is 0 Å². The first-order valence-electron chi connectivity index (χ1n) is 9.75. The SMILES string of the molecule is CN(C)Cc1ccccc1CNC(=O)NCC1CCN(c2ccc(Cl)cc2)C1. The van der Waals surface area contributed by atoms with Crippen molar-refractivity contribution < 1.29 is 4.79 Å². The number of carbonyl (C=O) groups is 1. The van der Waals surface area contributed by atoms with Crippen LogP contribution in [-0.4, -0.2) is 44.7 Å². The molecule has 3 rings (SSSR count). The van der Waals surface area contributed by atoms with Crippen LogP contribution in [0.3, 0.4) is 0 Å². The summed E-state index contributed by atoms with van der Waals surface area (Å²) in [6, 6.07) is 16.1. The van der Waals surface area contributed by atoms with E-state index >= 15 is 0 Å². The maximum atomic E-state index is 12.2. The van der Waals surface area contributed by atoms with Gasteiger partial charge in [0.25, 0.3) is 0 Å². The monoisotopic (exact) mass is 400 g/mol. The summed E-state index contributed by atoms with van der Waals surface area (Å²) >= 11 is 5.96. The molecule has 2 amide bonds. The van der Waals surface area contributed by atoms with E-state index in [9.17, 15) is 4.79 Å². The molecule has 1 heterocycles. The van der Waals surface area contributed by atoms with Gasteiger partial charge in [-0.3, -0.25) is 0 Å². The van der Waals surface area contributed by atoms with Crippen molar-refractivity contribution in [3.05, 3.63) is 64.7 Å². The van der Waals surface area contributed by atoms with Crippen LogP contribution in [0.4, 0.5) is 10.5 Å². The van der Waals surface area contributed by atoms with Gasteiger partial charge in [0.05, 0.1) is 0 Å². The van der Waals surface area contributed by atoms with Gasteiger partial charge in [-0.1, -0.05) is 35.9 Å². The summed E-state index contributed by atoms with van der Waals surface area (Å²) in [4.78, 5) is 16.7. The number of hydrogen-bond acceptors (Lipinski definition) is 3. The van der Waals surface area contributed by atoms with Gasteiger partial charge < -0.3 is 20.4 Å². The van der Waals surface area contributed by atoms with Crippen molar-refractivity contribution in [2.45, 2.75) is 19.5 Å². The second kappa shape index (κ2) is 9.80. The number of rotatable bonds is 7. The number of benzene rings is 2. The lowest BCUT2D eigenvalue weighted by atomic mass is 10.1. The fourth-order valence-corrected chi connectivity index (χ4v) is 3.71. The van der Waals surface area contributed by atoms with Crippen molar-refractivity contribution in [1.82, 2.24) is 15.5 Å². The lowest BCUT2D eigenvalue weighted by Gasteiger charge is -2.19. The van der Waals surface area contributed by atoms with Gasteiger partial charge in [0.15, 0.2) is 0 Å². The Kier molecular flexibility index (Phi) is 7.18. The van der Waals surface area contributed by atoms with Crippen LogP contribution >= 0.6 is 11.6 Å².